The number of aryl methyl sites for hydroxylation is 1. The van der Waals surface area contributed by atoms with Crippen LogP contribution in [0, 0.1) is 6.92 Å². The van der Waals surface area contributed by atoms with Gasteiger partial charge in [0.15, 0.2) is 10.9 Å². The summed E-state index contributed by atoms with van der Waals surface area (Å²) in [6.07, 6.45) is 1.51. The van der Waals surface area contributed by atoms with Crippen LogP contribution in [0.3, 0.4) is 0 Å². The minimum Gasteiger partial charge on any atom is -0.338 e. The monoisotopic (exact) mass is 364 g/mol. The number of H-pyrrole nitrogens is 1. The Hall–Kier alpha value is -2.79. The van der Waals surface area contributed by atoms with Crippen molar-refractivity contribution in [3.63, 3.8) is 0 Å². The molecule has 2 heterocycles. The highest BCUT2D eigenvalue weighted by Gasteiger charge is 2.15. The first-order chi connectivity index (χ1) is 11.4. The highest BCUT2D eigenvalue weighted by Crippen LogP contribution is 2.21. The molecule has 0 aliphatic carbocycles. The lowest BCUT2D eigenvalue weighted by molar-refractivity contribution is 0.601. The Morgan fingerprint density at radius 3 is 2.62 bits per heavy atom. The summed E-state index contributed by atoms with van der Waals surface area (Å²) < 4.78 is 26.9. The molecule has 0 aliphatic rings. The van der Waals surface area contributed by atoms with Crippen LogP contribution in [0.2, 0.25) is 0 Å². The normalized spacial score (nSPS) is 11.2. The third-order valence-corrected chi connectivity index (χ3v) is 5.13. The molecule has 0 aliphatic heterocycles. The smallest absolute Gasteiger partial charge is 0.338 e. The van der Waals surface area contributed by atoms with E-state index in [-0.39, 0.29) is 4.90 Å². The van der Waals surface area contributed by atoms with Crippen LogP contribution in [-0.4, -0.2) is 28.6 Å². The maximum atomic E-state index is 12.2. The summed E-state index contributed by atoms with van der Waals surface area (Å²) in [5.41, 5.74) is 0.512. The number of hydrogen-bond donors (Lipinski definition) is 3. The SMILES string of the molecule is Cc1n[nH]c(=O)nc1Nc1ccc(S(=O)(=O)Nc2nccs2)cc1. The van der Waals surface area contributed by atoms with Gasteiger partial charge >= 0.3 is 5.69 Å². The predicted molar refractivity (Wildman–Crippen MR) is 90.0 cm³/mol. The van der Waals surface area contributed by atoms with E-state index in [1.54, 1.807) is 24.4 Å². The van der Waals surface area contributed by atoms with Crippen molar-refractivity contribution in [1.29, 1.82) is 0 Å². The fourth-order valence-electron chi connectivity index (χ4n) is 1.81. The standard InChI is InChI=1S/C13H12N6O3S2/c1-8-11(16-12(20)18-17-8)15-9-2-4-10(5-3-9)24(21,22)19-13-14-6-7-23-13/h2-7H,1H3,(H,14,19)(H2,15,16,18,20). The van der Waals surface area contributed by atoms with Gasteiger partial charge in [-0.3, -0.25) is 4.72 Å². The minimum absolute atomic E-state index is 0.0944. The lowest BCUT2D eigenvalue weighted by Crippen LogP contribution is -2.15. The third kappa shape index (κ3) is 3.58. The number of sulfonamides is 1. The average Bonchev–Trinajstić information content (AvgIpc) is 3.04. The summed E-state index contributed by atoms with van der Waals surface area (Å²) in [6, 6.07) is 6.01. The molecule has 0 saturated carbocycles. The number of anilines is 3. The molecule has 3 N–H and O–H groups in total. The highest BCUT2D eigenvalue weighted by atomic mass is 32.2. The van der Waals surface area contributed by atoms with Gasteiger partial charge in [0.2, 0.25) is 0 Å². The Morgan fingerprint density at radius 2 is 1.96 bits per heavy atom. The van der Waals surface area contributed by atoms with Gasteiger partial charge in [-0.05, 0) is 31.2 Å². The van der Waals surface area contributed by atoms with Gasteiger partial charge in [-0.15, -0.1) is 11.3 Å². The fraction of sp³-hybridized carbons (Fsp3) is 0.0769. The molecule has 24 heavy (non-hydrogen) atoms. The van der Waals surface area contributed by atoms with Crippen molar-refractivity contribution in [3.8, 4) is 0 Å². The number of benzene rings is 1. The maximum absolute atomic E-state index is 12.2. The summed E-state index contributed by atoms with van der Waals surface area (Å²) in [6.45, 7) is 1.68. The summed E-state index contributed by atoms with van der Waals surface area (Å²) in [5, 5.41) is 10.9. The van der Waals surface area contributed by atoms with Crippen LogP contribution in [-0.2, 0) is 10.0 Å². The van der Waals surface area contributed by atoms with Crippen molar-refractivity contribution in [3.05, 3.63) is 52.0 Å². The highest BCUT2D eigenvalue weighted by molar-refractivity contribution is 7.93. The molecule has 0 spiro atoms. The molecule has 0 amide bonds. The molecule has 0 radical (unpaired) electrons. The van der Waals surface area contributed by atoms with Crippen molar-refractivity contribution in [2.45, 2.75) is 11.8 Å². The van der Waals surface area contributed by atoms with E-state index in [2.05, 4.69) is 30.2 Å². The Bertz CT molecular complexity index is 997. The molecule has 0 bridgehead atoms. The molecular weight excluding hydrogens is 352 g/mol. The number of hydrogen-bond acceptors (Lipinski definition) is 8. The second kappa shape index (κ2) is 6.37. The molecule has 9 nitrogen and oxygen atoms in total. The van der Waals surface area contributed by atoms with Crippen molar-refractivity contribution in [2.75, 3.05) is 10.0 Å². The first-order valence-electron chi connectivity index (χ1n) is 6.67. The van der Waals surface area contributed by atoms with Crippen molar-refractivity contribution >= 4 is 38.0 Å². The summed E-state index contributed by atoms with van der Waals surface area (Å²) in [7, 11) is -3.70. The average molecular weight is 364 g/mol. The molecule has 3 aromatic rings. The number of rotatable bonds is 5. The van der Waals surface area contributed by atoms with Gasteiger partial charge in [-0.1, -0.05) is 0 Å². The minimum atomic E-state index is -3.70. The van der Waals surface area contributed by atoms with Gasteiger partial charge in [-0.25, -0.2) is 23.3 Å². The number of nitrogens with zero attached hydrogens (tertiary/aromatic N) is 3. The first-order valence-corrected chi connectivity index (χ1v) is 9.03. The Labute approximate surface area is 140 Å². The molecular formula is C13H12N6O3S2. The van der Waals surface area contributed by atoms with Crippen molar-refractivity contribution < 1.29 is 8.42 Å². The molecule has 0 unspecified atom stereocenters. The van der Waals surface area contributed by atoms with Crippen molar-refractivity contribution in [1.82, 2.24) is 20.2 Å². The molecule has 3 rings (SSSR count). The van der Waals surface area contributed by atoms with Crippen LogP contribution < -0.4 is 15.7 Å². The lowest BCUT2D eigenvalue weighted by Gasteiger charge is -2.08. The quantitative estimate of drug-likeness (QED) is 0.625. The molecule has 0 atom stereocenters. The Balaban J connectivity index is 1.80. The second-order valence-corrected chi connectivity index (χ2v) is 7.24. The van der Waals surface area contributed by atoms with E-state index in [4.69, 9.17) is 0 Å². The number of aromatic nitrogens is 4. The molecule has 1 aromatic carbocycles. The maximum Gasteiger partial charge on any atom is 0.363 e. The van der Waals surface area contributed by atoms with E-state index in [9.17, 15) is 13.2 Å². The van der Waals surface area contributed by atoms with E-state index >= 15 is 0 Å². The van der Waals surface area contributed by atoms with Crippen LogP contribution in [0.25, 0.3) is 0 Å². The van der Waals surface area contributed by atoms with Gasteiger partial charge in [0, 0.05) is 17.3 Å². The second-order valence-electron chi connectivity index (χ2n) is 4.67. The van der Waals surface area contributed by atoms with E-state index in [0.717, 1.165) is 0 Å². The first kappa shape index (κ1) is 16.1. The molecule has 0 fully saturated rings. The molecule has 11 heteroatoms. The van der Waals surface area contributed by atoms with Gasteiger partial charge in [0.1, 0.15) is 5.69 Å². The van der Waals surface area contributed by atoms with Gasteiger partial charge in [-0.2, -0.15) is 10.1 Å². The largest absolute Gasteiger partial charge is 0.363 e. The Kier molecular flexibility index (Phi) is 4.27. The van der Waals surface area contributed by atoms with Crippen LogP contribution >= 0.6 is 11.3 Å². The number of nitrogens with one attached hydrogen (secondary N) is 3. The van der Waals surface area contributed by atoms with E-state index in [1.807, 2.05) is 0 Å². The predicted octanol–water partition coefficient (Wildman–Crippen LogP) is 1.47. The Morgan fingerprint density at radius 1 is 1.21 bits per heavy atom. The van der Waals surface area contributed by atoms with E-state index in [0.29, 0.717) is 22.3 Å². The van der Waals surface area contributed by atoms with Gasteiger partial charge < -0.3 is 5.32 Å². The van der Waals surface area contributed by atoms with Crippen molar-refractivity contribution in [2.24, 2.45) is 0 Å². The third-order valence-electron chi connectivity index (χ3n) is 2.96. The molecule has 124 valence electrons. The summed E-state index contributed by atoms with van der Waals surface area (Å²) >= 11 is 1.19. The van der Waals surface area contributed by atoms with Crippen LogP contribution in [0.1, 0.15) is 5.69 Å². The zero-order valence-corrected chi connectivity index (χ0v) is 14.0. The molecule has 0 saturated heterocycles. The van der Waals surface area contributed by atoms with Crippen LogP contribution in [0.5, 0.6) is 0 Å². The summed E-state index contributed by atoms with van der Waals surface area (Å²) in [5.74, 6) is 0.301. The fourth-order valence-corrected chi connectivity index (χ4v) is 3.60. The number of thiazole rings is 1. The van der Waals surface area contributed by atoms with Gasteiger partial charge in [0.05, 0.1) is 4.90 Å². The van der Waals surface area contributed by atoms with E-state index < -0.39 is 15.7 Å². The topological polar surface area (TPSA) is 130 Å². The van der Waals surface area contributed by atoms with Crippen LogP contribution in [0.15, 0.2) is 45.5 Å². The molecule has 2 aromatic heterocycles. The van der Waals surface area contributed by atoms with E-state index in [1.165, 1.54) is 29.7 Å². The zero-order valence-electron chi connectivity index (χ0n) is 12.3. The summed E-state index contributed by atoms with van der Waals surface area (Å²) in [4.78, 5) is 19.0. The van der Waals surface area contributed by atoms with Gasteiger partial charge in [0.25, 0.3) is 10.0 Å². The van der Waals surface area contributed by atoms with Crippen LogP contribution in [0.4, 0.5) is 16.6 Å². The number of aromatic amines is 1. The lowest BCUT2D eigenvalue weighted by atomic mass is 10.3. The zero-order chi connectivity index (χ0) is 17.2.